The Morgan fingerprint density at radius 2 is 2.10 bits per heavy atom. The Hall–Kier alpha value is -1.50. The maximum absolute atomic E-state index is 12.7. The van der Waals surface area contributed by atoms with Crippen molar-refractivity contribution in [2.75, 3.05) is 13.7 Å². The van der Waals surface area contributed by atoms with Gasteiger partial charge in [-0.25, -0.2) is 8.78 Å². The topological polar surface area (TPSA) is 47.3 Å². The van der Waals surface area contributed by atoms with Gasteiger partial charge in [0.15, 0.2) is 0 Å². The molecule has 1 N–H and O–H groups in total. The molecule has 1 unspecified atom stereocenters. The maximum atomic E-state index is 12.7. The van der Waals surface area contributed by atoms with Gasteiger partial charge in [-0.15, -0.1) is 0 Å². The summed E-state index contributed by atoms with van der Waals surface area (Å²) in [7, 11) is 1.55. The number of aliphatic hydroxyl groups excluding tert-OH is 1. The predicted molar refractivity (Wildman–Crippen MR) is 74.6 cm³/mol. The van der Waals surface area contributed by atoms with Crippen LogP contribution in [0.5, 0.6) is 0 Å². The standard InChI is InChI=1S/C14H15ClF2N2O2/c1-21-6-5-19-12(11(15)8-18-19)13(20)9-3-2-4-10(7-9)14(16)17/h2-4,7-8,13-14,20H,5-6H2,1H3. The monoisotopic (exact) mass is 316 g/mol. The molecule has 0 aliphatic carbocycles. The molecule has 0 bridgehead atoms. The van der Waals surface area contributed by atoms with Crippen LogP contribution in [0.4, 0.5) is 8.78 Å². The van der Waals surface area contributed by atoms with Crippen LogP contribution in [-0.4, -0.2) is 28.6 Å². The quantitative estimate of drug-likeness (QED) is 0.890. The molecule has 21 heavy (non-hydrogen) atoms. The van der Waals surface area contributed by atoms with Crippen molar-refractivity contribution in [2.24, 2.45) is 0 Å². The summed E-state index contributed by atoms with van der Waals surface area (Å²) >= 11 is 6.04. The lowest BCUT2D eigenvalue weighted by Crippen LogP contribution is -2.13. The largest absolute Gasteiger partial charge is 0.383 e. The van der Waals surface area contributed by atoms with Crippen molar-refractivity contribution in [3.8, 4) is 0 Å². The van der Waals surface area contributed by atoms with Crippen LogP contribution in [0, 0.1) is 0 Å². The molecule has 7 heteroatoms. The van der Waals surface area contributed by atoms with E-state index in [1.54, 1.807) is 13.2 Å². The fourth-order valence-corrected chi connectivity index (χ4v) is 2.27. The molecule has 0 saturated heterocycles. The van der Waals surface area contributed by atoms with Crippen LogP contribution >= 0.6 is 11.6 Å². The van der Waals surface area contributed by atoms with Gasteiger partial charge in [-0.1, -0.05) is 29.8 Å². The number of alkyl halides is 2. The molecule has 0 amide bonds. The van der Waals surface area contributed by atoms with Crippen molar-refractivity contribution >= 4 is 11.6 Å². The lowest BCUT2D eigenvalue weighted by atomic mass is 10.0. The molecule has 0 aliphatic rings. The second kappa shape index (κ2) is 6.98. The number of benzene rings is 1. The van der Waals surface area contributed by atoms with E-state index < -0.39 is 12.5 Å². The minimum atomic E-state index is -2.59. The normalized spacial score (nSPS) is 12.9. The van der Waals surface area contributed by atoms with Crippen LogP contribution < -0.4 is 0 Å². The Morgan fingerprint density at radius 1 is 1.38 bits per heavy atom. The van der Waals surface area contributed by atoms with Crippen molar-refractivity contribution in [2.45, 2.75) is 19.1 Å². The maximum Gasteiger partial charge on any atom is 0.263 e. The number of hydrogen-bond donors (Lipinski definition) is 1. The molecule has 1 aromatic carbocycles. The average molecular weight is 317 g/mol. The lowest BCUT2D eigenvalue weighted by molar-refractivity contribution is 0.150. The van der Waals surface area contributed by atoms with Gasteiger partial charge in [-0.2, -0.15) is 5.10 Å². The average Bonchev–Trinajstić information content (AvgIpc) is 2.85. The molecule has 0 fully saturated rings. The summed E-state index contributed by atoms with van der Waals surface area (Å²) in [6, 6.07) is 5.62. The number of rotatable bonds is 6. The van der Waals surface area contributed by atoms with Crippen LogP contribution in [0.3, 0.4) is 0 Å². The first-order valence-electron chi connectivity index (χ1n) is 6.30. The number of ether oxygens (including phenoxy) is 1. The molecule has 0 aliphatic heterocycles. The number of nitrogens with zero attached hydrogens (tertiary/aromatic N) is 2. The van der Waals surface area contributed by atoms with Crippen LogP contribution in [0.1, 0.15) is 29.4 Å². The second-order valence-electron chi connectivity index (χ2n) is 4.47. The van der Waals surface area contributed by atoms with Gasteiger partial charge in [0.1, 0.15) is 6.10 Å². The molecule has 0 spiro atoms. The van der Waals surface area contributed by atoms with Crippen LogP contribution in [0.2, 0.25) is 5.02 Å². The third-order valence-electron chi connectivity index (χ3n) is 3.08. The molecule has 1 heterocycles. The first-order chi connectivity index (χ1) is 10.0. The summed E-state index contributed by atoms with van der Waals surface area (Å²) < 4.78 is 31.9. The Balaban J connectivity index is 2.33. The van der Waals surface area contributed by atoms with E-state index in [9.17, 15) is 13.9 Å². The summed E-state index contributed by atoms with van der Waals surface area (Å²) in [4.78, 5) is 0. The van der Waals surface area contributed by atoms with Crippen LogP contribution in [0.15, 0.2) is 30.5 Å². The zero-order valence-corrected chi connectivity index (χ0v) is 12.1. The number of hydrogen-bond acceptors (Lipinski definition) is 3. The van der Waals surface area contributed by atoms with Gasteiger partial charge in [0.25, 0.3) is 6.43 Å². The molecule has 2 rings (SSSR count). The Morgan fingerprint density at radius 3 is 2.76 bits per heavy atom. The smallest absolute Gasteiger partial charge is 0.263 e. The van der Waals surface area contributed by atoms with E-state index in [0.717, 1.165) is 0 Å². The van der Waals surface area contributed by atoms with Crippen molar-refractivity contribution in [3.05, 3.63) is 52.3 Å². The Labute approximate surface area is 125 Å². The zero-order valence-electron chi connectivity index (χ0n) is 11.3. The summed E-state index contributed by atoms with van der Waals surface area (Å²) in [6.45, 7) is 0.805. The van der Waals surface area contributed by atoms with Gasteiger partial charge < -0.3 is 9.84 Å². The highest BCUT2D eigenvalue weighted by molar-refractivity contribution is 6.31. The number of halogens is 3. The summed E-state index contributed by atoms with van der Waals surface area (Å²) in [5, 5.41) is 14.7. The SMILES string of the molecule is COCCn1ncc(Cl)c1C(O)c1cccc(C(F)F)c1. The summed E-state index contributed by atoms with van der Waals surface area (Å²) in [5.41, 5.74) is 0.555. The van der Waals surface area contributed by atoms with Crippen molar-refractivity contribution in [1.82, 2.24) is 9.78 Å². The number of methoxy groups -OCH3 is 1. The molecule has 0 radical (unpaired) electrons. The van der Waals surface area contributed by atoms with Crippen molar-refractivity contribution in [3.63, 3.8) is 0 Å². The zero-order chi connectivity index (χ0) is 15.4. The molecule has 1 aromatic heterocycles. The molecule has 114 valence electrons. The lowest BCUT2D eigenvalue weighted by Gasteiger charge is -2.15. The molecule has 4 nitrogen and oxygen atoms in total. The Bertz CT molecular complexity index is 604. The van der Waals surface area contributed by atoms with E-state index in [4.69, 9.17) is 16.3 Å². The molecule has 2 aromatic rings. The van der Waals surface area contributed by atoms with Gasteiger partial charge in [-0.05, 0) is 11.6 Å². The highest BCUT2D eigenvalue weighted by atomic mass is 35.5. The fourth-order valence-electron chi connectivity index (χ4n) is 2.02. The van der Waals surface area contributed by atoms with Crippen molar-refractivity contribution < 1.29 is 18.6 Å². The van der Waals surface area contributed by atoms with E-state index in [1.165, 1.54) is 29.1 Å². The minimum absolute atomic E-state index is 0.148. The van der Waals surface area contributed by atoms with Crippen LogP contribution in [-0.2, 0) is 11.3 Å². The molecular formula is C14H15ClF2N2O2. The van der Waals surface area contributed by atoms with Gasteiger partial charge >= 0.3 is 0 Å². The number of aliphatic hydroxyl groups is 1. The van der Waals surface area contributed by atoms with E-state index in [1.807, 2.05) is 0 Å². The molecular weight excluding hydrogens is 302 g/mol. The third-order valence-corrected chi connectivity index (χ3v) is 3.37. The van der Waals surface area contributed by atoms with Crippen molar-refractivity contribution in [1.29, 1.82) is 0 Å². The highest BCUT2D eigenvalue weighted by Crippen LogP contribution is 2.30. The molecule has 1 atom stereocenters. The summed E-state index contributed by atoms with van der Waals surface area (Å²) in [5.74, 6) is 0. The Kier molecular flexibility index (Phi) is 5.27. The molecule has 0 saturated carbocycles. The minimum Gasteiger partial charge on any atom is -0.383 e. The van der Waals surface area contributed by atoms with E-state index in [0.29, 0.717) is 24.4 Å². The van der Waals surface area contributed by atoms with Gasteiger partial charge in [0.05, 0.1) is 30.1 Å². The summed E-state index contributed by atoms with van der Waals surface area (Å²) in [6.07, 6.45) is -2.31. The van der Waals surface area contributed by atoms with E-state index in [-0.39, 0.29) is 10.6 Å². The van der Waals surface area contributed by atoms with Gasteiger partial charge in [0.2, 0.25) is 0 Å². The predicted octanol–water partition coefficient (Wildman–Crippen LogP) is 3.20. The van der Waals surface area contributed by atoms with E-state index >= 15 is 0 Å². The first kappa shape index (κ1) is 15.9. The number of aromatic nitrogens is 2. The van der Waals surface area contributed by atoms with E-state index in [2.05, 4.69) is 5.10 Å². The fraction of sp³-hybridized carbons (Fsp3) is 0.357. The van der Waals surface area contributed by atoms with Crippen LogP contribution in [0.25, 0.3) is 0 Å². The van der Waals surface area contributed by atoms with Gasteiger partial charge in [0, 0.05) is 12.7 Å². The second-order valence-corrected chi connectivity index (χ2v) is 4.87. The third kappa shape index (κ3) is 3.58. The highest BCUT2D eigenvalue weighted by Gasteiger charge is 2.21. The van der Waals surface area contributed by atoms with Gasteiger partial charge in [-0.3, -0.25) is 4.68 Å². The first-order valence-corrected chi connectivity index (χ1v) is 6.68.